The number of hydrogen-bond acceptors (Lipinski definition) is 2. The topological polar surface area (TPSA) is 78.4 Å². The quantitative estimate of drug-likeness (QED) is 0.407. The molecule has 0 aromatic rings. The van der Waals surface area contributed by atoms with E-state index < -0.39 is 6.09 Å². The van der Waals surface area contributed by atoms with Gasteiger partial charge in [0, 0.05) is 13.1 Å². The molecule has 6 heteroatoms. The standard InChI is InChI=1S/C5H9ClN2O3/c6-3-4(9)7-1-2-8-5(10)11/h8H,1-3H2,(H,7,9)(H,10,11). The van der Waals surface area contributed by atoms with E-state index in [0.717, 1.165) is 0 Å². The molecule has 0 fully saturated rings. The van der Waals surface area contributed by atoms with Crippen LogP contribution in [0.15, 0.2) is 0 Å². The Morgan fingerprint density at radius 2 is 1.82 bits per heavy atom. The monoisotopic (exact) mass is 180 g/mol. The predicted octanol–water partition coefficient (Wildman–Crippen LogP) is -0.391. The first-order valence-electron chi connectivity index (χ1n) is 2.96. The molecule has 0 spiro atoms. The van der Waals surface area contributed by atoms with Gasteiger partial charge in [-0.1, -0.05) is 0 Å². The van der Waals surface area contributed by atoms with Crippen molar-refractivity contribution in [2.24, 2.45) is 0 Å². The van der Waals surface area contributed by atoms with Crippen LogP contribution in [0, 0.1) is 0 Å². The van der Waals surface area contributed by atoms with Gasteiger partial charge in [0.2, 0.25) is 5.91 Å². The Morgan fingerprint density at radius 3 is 2.27 bits per heavy atom. The molecule has 0 aliphatic rings. The third-order valence-electron chi connectivity index (χ3n) is 0.845. The molecule has 0 saturated carbocycles. The number of halogens is 1. The summed E-state index contributed by atoms with van der Waals surface area (Å²) in [6.45, 7) is 0.454. The fraction of sp³-hybridized carbons (Fsp3) is 0.600. The molecule has 64 valence electrons. The molecule has 0 radical (unpaired) electrons. The SMILES string of the molecule is O=C(O)NCCNC(=O)CCl. The van der Waals surface area contributed by atoms with E-state index in [1.54, 1.807) is 0 Å². The zero-order valence-corrected chi connectivity index (χ0v) is 6.52. The third-order valence-corrected chi connectivity index (χ3v) is 1.09. The molecule has 0 aromatic heterocycles. The van der Waals surface area contributed by atoms with E-state index >= 15 is 0 Å². The Kier molecular flexibility index (Phi) is 5.28. The van der Waals surface area contributed by atoms with Gasteiger partial charge in [-0.15, -0.1) is 11.6 Å². The number of hydrogen-bond donors (Lipinski definition) is 3. The first kappa shape index (κ1) is 10.0. The lowest BCUT2D eigenvalue weighted by Gasteiger charge is -2.01. The Hall–Kier alpha value is -0.970. The Labute approximate surface area is 68.7 Å². The van der Waals surface area contributed by atoms with Crippen molar-refractivity contribution in [1.29, 1.82) is 0 Å². The Morgan fingerprint density at radius 1 is 1.27 bits per heavy atom. The number of amides is 2. The summed E-state index contributed by atoms with van der Waals surface area (Å²) in [6.07, 6.45) is -1.11. The van der Waals surface area contributed by atoms with Crippen LogP contribution in [0.3, 0.4) is 0 Å². The van der Waals surface area contributed by atoms with Crippen molar-refractivity contribution in [2.45, 2.75) is 0 Å². The zero-order chi connectivity index (χ0) is 8.69. The maximum atomic E-state index is 10.4. The van der Waals surface area contributed by atoms with Crippen molar-refractivity contribution in [3.8, 4) is 0 Å². The van der Waals surface area contributed by atoms with E-state index in [0.29, 0.717) is 0 Å². The molecule has 0 heterocycles. The van der Waals surface area contributed by atoms with Crippen LogP contribution >= 0.6 is 11.6 Å². The molecule has 11 heavy (non-hydrogen) atoms. The summed E-state index contributed by atoms with van der Waals surface area (Å²) in [5.41, 5.74) is 0. The molecule has 0 unspecified atom stereocenters. The van der Waals surface area contributed by atoms with Crippen LogP contribution in [0.25, 0.3) is 0 Å². The summed E-state index contributed by atoms with van der Waals surface area (Å²) in [6, 6.07) is 0. The molecule has 0 aliphatic carbocycles. The maximum Gasteiger partial charge on any atom is 0.404 e. The average molecular weight is 181 g/mol. The molecule has 0 atom stereocenters. The van der Waals surface area contributed by atoms with Crippen LogP contribution in [-0.4, -0.2) is 36.1 Å². The lowest BCUT2D eigenvalue weighted by molar-refractivity contribution is -0.118. The van der Waals surface area contributed by atoms with Gasteiger partial charge in [-0.2, -0.15) is 0 Å². The van der Waals surface area contributed by atoms with Gasteiger partial charge in [0.05, 0.1) is 0 Å². The van der Waals surface area contributed by atoms with Crippen LogP contribution < -0.4 is 10.6 Å². The summed E-state index contributed by atoms with van der Waals surface area (Å²) in [5, 5.41) is 12.6. The molecular weight excluding hydrogens is 172 g/mol. The van der Waals surface area contributed by atoms with E-state index in [4.69, 9.17) is 16.7 Å². The van der Waals surface area contributed by atoms with Gasteiger partial charge >= 0.3 is 6.09 Å². The van der Waals surface area contributed by atoms with Crippen LogP contribution in [0.5, 0.6) is 0 Å². The highest BCUT2D eigenvalue weighted by Crippen LogP contribution is 1.72. The Balaban J connectivity index is 3.14. The fourth-order valence-corrected chi connectivity index (χ4v) is 0.513. The second-order valence-electron chi connectivity index (χ2n) is 1.72. The number of carbonyl (C=O) groups is 2. The molecule has 3 N–H and O–H groups in total. The smallest absolute Gasteiger partial charge is 0.404 e. The number of carboxylic acid groups (broad SMARTS) is 1. The maximum absolute atomic E-state index is 10.4. The summed E-state index contributed by atoms with van der Waals surface area (Å²) >= 11 is 5.14. The summed E-state index contributed by atoms with van der Waals surface area (Å²) in [7, 11) is 0. The third kappa shape index (κ3) is 6.92. The van der Waals surface area contributed by atoms with Gasteiger partial charge in [0.15, 0.2) is 0 Å². The van der Waals surface area contributed by atoms with Crippen molar-refractivity contribution < 1.29 is 14.7 Å². The van der Waals surface area contributed by atoms with Gasteiger partial charge < -0.3 is 15.7 Å². The summed E-state index contributed by atoms with van der Waals surface area (Å²) < 4.78 is 0. The lowest BCUT2D eigenvalue weighted by Crippen LogP contribution is -2.34. The molecule has 0 aliphatic heterocycles. The van der Waals surface area contributed by atoms with Gasteiger partial charge in [-0.25, -0.2) is 4.79 Å². The van der Waals surface area contributed by atoms with Crippen molar-refractivity contribution in [2.75, 3.05) is 19.0 Å². The minimum Gasteiger partial charge on any atom is -0.465 e. The Bertz CT molecular complexity index is 151. The minimum atomic E-state index is -1.11. The first-order valence-corrected chi connectivity index (χ1v) is 3.49. The highest BCUT2D eigenvalue weighted by molar-refractivity contribution is 6.27. The summed E-state index contributed by atoms with van der Waals surface area (Å²) in [5.74, 6) is -0.411. The number of rotatable bonds is 4. The normalized spacial score (nSPS) is 8.82. The molecule has 5 nitrogen and oxygen atoms in total. The van der Waals surface area contributed by atoms with Crippen LogP contribution in [0.2, 0.25) is 0 Å². The number of nitrogens with one attached hydrogen (secondary N) is 2. The van der Waals surface area contributed by atoms with Crippen molar-refractivity contribution in [3.63, 3.8) is 0 Å². The average Bonchev–Trinajstić information content (AvgIpc) is 1.97. The van der Waals surface area contributed by atoms with Gasteiger partial charge in [0.25, 0.3) is 0 Å². The number of alkyl halides is 1. The largest absolute Gasteiger partial charge is 0.465 e. The zero-order valence-electron chi connectivity index (χ0n) is 5.76. The van der Waals surface area contributed by atoms with Crippen molar-refractivity contribution in [3.05, 3.63) is 0 Å². The summed E-state index contributed by atoms with van der Waals surface area (Å²) in [4.78, 5) is 20.3. The van der Waals surface area contributed by atoms with Gasteiger partial charge in [-0.3, -0.25) is 4.79 Å². The highest BCUT2D eigenvalue weighted by atomic mass is 35.5. The van der Waals surface area contributed by atoms with E-state index in [-0.39, 0.29) is 24.9 Å². The molecule has 0 bridgehead atoms. The van der Waals surface area contributed by atoms with Gasteiger partial charge in [-0.05, 0) is 0 Å². The van der Waals surface area contributed by atoms with E-state index in [9.17, 15) is 9.59 Å². The fourth-order valence-electron chi connectivity index (χ4n) is 0.419. The second-order valence-corrected chi connectivity index (χ2v) is 1.98. The van der Waals surface area contributed by atoms with Crippen molar-refractivity contribution in [1.82, 2.24) is 10.6 Å². The molecule has 0 saturated heterocycles. The van der Waals surface area contributed by atoms with Crippen LogP contribution in [0.4, 0.5) is 4.79 Å². The minimum absolute atomic E-state index is 0.104. The second kappa shape index (κ2) is 5.79. The molecule has 0 aromatic carbocycles. The molecular formula is C5H9ClN2O3. The van der Waals surface area contributed by atoms with Crippen LogP contribution in [-0.2, 0) is 4.79 Å². The highest BCUT2D eigenvalue weighted by Gasteiger charge is 1.96. The lowest BCUT2D eigenvalue weighted by atomic mass is 10.6. The van der Waals surface area contributed by atoms with Crippen LogP contribution in [0.1, 0.15) is 0 Å². The van der Waals surface area contributed by atoms with Crippen molar-refractivity contribution >= 4 is 23.6 Å². The van der Waals surface area contributed by atoms with E-state index in [2.05, 4.69) is 10.6 Å². The molecule has 2 amide bonds. The first-order chi connectivity index (χ1) is 5.16. The molecule has 0 rings (SSSR count). The predicted molar refractivity (Wildman–Crippen MR) is 39.8 cm³/mol. The van der Waals surface area contributed by atoms with Gasteiger partial charge in [0.1, 0.15) is 5.88 Å². The van der Waals surface area contributed by atoms with E-state index in [1.807, 2.05) is 0 Å². The van der Waals surface area contributed by atoms with E-state index in [1.165, 1.54) is 0 Å². The number of carbonyl (C=O) groups excluding carboxylic acids is 1.